The number of rotatable bonds is 5. The fourth-order valence-corrected chi connectivity index (χ4v) is 3.07. The zero-order chi connectivity index (χ0) is 18.8. The van der Waals surface area contributed by atoms with Gasteiger partial charge in [-0.05, 0) is 37.6 Å². The minimum atomic E-state index is -0.208. The Bertz CT molecular complexity index is 1150. The predicted molar refractivity (Wildman–Crippen MR) is 105 cm³/mol. The zero-order valence-electron chi connectivity index (χ0n) is 15.3. The molecule has 1 N–H and O–H groups in total. The van der Waals surface area contributed by atoms with Gasteiger partial charge in [0.2, 0.25) is 0 Å². The van der Waals surface area contributed by atoms with E-state index in [4.69, 9.17) is 9.72 Å². The van der Waals surface area contributed by atoms with Crippen molar-refractivity contribution in [3.8, 4) is 22.8 Å². The third kappa shape index (κ3) is 3.10. The summed E-state index contributed by atoms with van der Waals surface area (Å²) in [6.07, 6.45) is 0.900. The highest BCUT2D eigenvalue weighted by molar-refractivity contribution is 5.81. The van der Waals surface area contributed by atoms with Crippen LogP contribution in [-0.4, -0.2) is 26.4 Å². The van der Waals surface area contributed by atoms with Crippen molar-refractivity contribution in [2.45, 2.75) is 20.3 Å². The quantitative estimate of drug-likeness (QED) is 0.586. The number of H-pyrrole nitrogens is 1. The molecule has 0 bridgehead atoms. The Morgan fingerprint density at radius 3 is 2.59 bits per heavy atom. The molecule has 4 rings (SSSR count). The lowest BCUT2D eigenvalue weighted by molar-refractivity contribution is 0.318. The van der Waals surface area contributed by atoms with Gasteiger partial charge in [0.05, 0.1) is 23.6 Å². The van der Waals surface area contributed by atoms with E-state index in [2.05, 4.69) is 17.0 Å². The molecule has 0 fully saturated rings. The van der Waals surface area contributed by atoms with E-state index < -0.39 is 0 Å². The summed E-state index contributed by atoms with van der Waals surface area (Å²) in [7, 11) is 0. The topological polar surface area (TPSA) is 72.8 Å². The van der Waals surface area contributed by atoms with Crippen molar-refractivity contribution in [2.75, 3.05) is 6.61 Å². The highest BCUT2D eigenvalue weighted by Crippen LogP contribution is 2.28. The van der Waals surface area contributed by atoms with Crippen LogP contribution in [0.2, 0.25) is 0 Å². The molecule has 0 saturated carbocycles. The first-order valence-electron chi connectivity index (χ1n) is 8.96. The number of nitrogens with zero attached hydrogens (tertiary/aromatic N) is 3. The average molecular weight is 360 g/mol. The van der Waals surface area contributed by atoms with Crippen molar-refractivity contribution >= 4 is 11.0 Å². The van der Waals surface area contributed by atoms with E-state index in [0.717, 1.165) is 17.7 Å². The number of hydrogen-bond acceptors (Lipinski definition) is 4. The van der Waals surface area contributed by atoms with Crippen molar-refractivity contribution in [3.05, 3.63) is 70.6 Å². The fraction of sp³-hybridized carbons (Fsp3) is 0.190. The number of nitrogens with one attached hydrogen (secondary N) is 1. The normalized spacial score (nSPS) is 11.0. The van der Waals surface area contributed by atoms with Crippen LogP contribution in [0, 0.1) is 6.92 Å². The lowest BCUT2D eigenvalue weighted by Gasteiger charge is -2.10. The molecule has 0 spiro atoms. The second kappa shape index (κ2) is 7.07. The molecule has 0 amide bonds. The number of fused-ring (bicyclic) bond motifs is 1. The van der Waals surface area contributed by atoms with E-state index in [0.29, 0.717) is 34.9 Å². The summed E-state index contributed by atoms with van der Waals surface area (Å²) in [5.74, 6) is 1.17. The van der Waals surface area contributed by atoms with Crippen LogP contribution in [-0.2, 0) is 0 Å². The minimum absolute atomic E-state index is 0.208. The van der Waals surface area contributed by atoms with Crippen LogP contribution in [0.3, 0.4) is 0 Å². The molecule has 0 atom stereocenters. The molecular formula is C21H20N4O2. The van der Waals surface area contributed by atoms with Gasteiger partial charge in [-0.2, -0.15) is 5.10 Å². The summed E-state index contributed by atoms with van der Waals surface area (Å²) in [5, 5.41) is 5.03. The molecule has 6 nitrogen and oxygen atoms in total. The van der Waals surface area contributed by atoms with Gasteiger partial charge < -0.3 is 9.72 Å². The third-order valence-electron chi connectivity index (χ3n) is 4.32. The predicted octanol–water partition coefficient (Wildman–Crippen LogP) is 3.87. The molecule has 4 aromatic rings. The first kappa shape index (κ1) is 17.0. The molecule has 6 heteroatoms. The van der Waals surface area contributed by atoms with Crippen LogP contribution in [0.1, 0.15) is 19.0 Å². The molecule has 0 aliphatic rings. The number of ether oxygens (including phenoxy) is 1. The molecule has 0 radical (unpaired) electrons. The molecule has 0 saturated heterocycles. The maximum absolute atomic E-state index is 12.8. The van der Waals surface area contributed by atoms with Crippen LogP contribution in [0.25, 0.3) is 28.1 Å². The Labute approximate surface area is 156 Å². The molecule has 0 unspecified atom stereocenters. The largest absolute Gasteiger partial charge is 0.493 e. The van der Waals surface area contributed by atoms with E-state index in [9.17, 15) is 4.79 Å². The highest BCUT2D eigenvalue weighted by atomic mass is 16.5. The number of aryl methyl sites for hydroxylation is 1. The Kier molecular flexibility index (Phi) is 4.46. The number of aromatic amines is 1. The van der Waals surface area contributed by atoms with E-state index in [-0.39, 0.29) is 5.56 Å². The van der Waals surface area contributed by atoms with Gasteiger partial charge in [0, 0.05) is 0 Å². The van der Waals surface area contributed by atoms with Gasteiger partial charge in [-0.15, -0.1) is 0 Å². The Hall–Kier alpha value is -3.41. The molecule has 2 aromatic heterocycles. The molecular weight excluding hydrogens is 340 g/mol. The molecule has 27 heavy (non-hydrogen) atoms. The van der Waals surface area contributed by atoms with Crippen molar-refractivity contribution in [1.82, 2.24) is 19.7 Å². The van der Waals surface area contributed by atoms with E-state index in [1.807, 2.05) is 61.5 Å². The lowest BCUT2D eigenvalue weighted by Crippen LogP contribution is -2.11. The second-order valence-electron chi connectivity index (χ2n) is 6.29. The Morgan fingerprint density at radius 1 is 1.07 bits per heavy atom. The van der Waals surface area contributed by atoms with Crippen molar-refractivity contribution in [2.24, 2.45) is 0 Å². The average Bonchev–Trinajstić information content (AvgIpc) is 3.04. The molecule has 2 aromatic carbocycles. The van der Waals surface area contributed by atoms with Crippen molar-refractivity contribution in [3.63, 3.8) is 0 Å². The van der Waals surface area contributed by atoms with Gasteiger partial charge in [-0.25, -0.2) is 9.67 Å². The van der Waals surface area contributed by atoms with Crippen LogP contribution in [0.4, 0.5) is 0 Å². The molecule has 2 heterocycles. The number of para-hydroxylation sites is 2. The molecule has 0 aliphatic carbocycles. The monoisotopic (exact) mass is 360 g/mol. The number of benzene rings is 2. The standard InChI is InChI=1S/C21H20N4O2/c1-3-13-27-17-12-8-7-11-16(17)19-22-20-18(21(26)23-19)14(2)24-25(20)15-9-5-4-6-10-15/h4-12H,3,13H2,1-2H3,(H,22,23,26). The SMILES string of the molecule is CCCOc1ccccc1-c1nc2c(c(C)nn2-c2ccccc2)c(=O)[nH]1. The summed E-state index contributed by atoms with van der Waals surface area (Å²) in [4.78, 5) is 20.4. The third-order valence-corrected chi connectivity index (χ3v) is 4.32. The van der Waals surface area contributed by atoms with Gasteiger partial charge in [-0.3, -0.25) is 4.79 Å². The zero-order valence-corrected chi connectivity index (χ0v) is 15.3. The van der Waals surface area contributed by atoms with Crippen molar-refractivity contribution < 1.29 is 4.74 Å². The van der Waals surface area contributed by atoms with Crippen LogP contribution < -0.4 is 10.3 Å². The van der Waals surface area contributed by atoms with Crippen LogP contribution in [0.5, 0.6) is 5.75 Å². The first-order valence-corrected chi connectivity index (χ1v) is 8.96. The minimum Gasteiger partial charge on any atom is -0.493 e. The second-order valence-corrected chi connectivity index (χ2v) is 6.29. The van der Waals surface area contributed by atoms with Crippen molar-refractivity contribution in [1.29, 1.82) is 0 Å². The molecule has 0 aliphatic heterocycles. The van der Waals surface area contributed by atoms with Gasteiger partial charge in [0.15, 0.2) is 5.65 Å². The van der Waals surface area contributed by atoms with Gasteiger partial charge in [0.1, 0.15) is 17.0 Å². The maximum atomic E-state index is 12.8. The molecule has 136 valence electrons. The summed E-state index contributed by atoms with van der Waals surface area (Å²) in [6.45, 7) is 4.47. The number of hydrogen-bond donors (Lipinski definition) is 1. The fourth-order valence-electron chi connectivity index (χ4n) is 3.07. The van der Waals surface area contributed by atoms with Gasteiger partial charge >= 0.3 is 0 Å². The van der Waals surface area contributed by atoms with Gasteiger partial charge in [-0.1, -0.05) is 37.3 Å². The maximum Gasteiger partial charge on any atom is 0.262 e. The summed E-state index contributed by atoms with van der Waals surface area (Å²) >= 11 is 0. The smallest absolute Gasteiger partial charge is 0.262 e. The Balaban J connectivity index is 1.94. The summed E-state index contributed by atoms with van der Waals surface area (Å²) < 4.78 is 7.54. The van der Waals surface area contributed by atoms with Crippen LogP contribution in [0.15, 0.2) is 59.4 Å². The first-order chi connectivity index (χ1) is 13.2. The lowest BCUT2D eigenvalue weighted by atomic mass is 10.2. The van der Waals surface area contributed by atoms with E-state index in [1.54, 1.807) is 4.68 Å². The van der Waals surface area contributed by atoms with E-state index in [1.165, 1.54) is 0 Å². The highest BCUT2D eigenvalue weighted by Gasteiger charge is 2.17. The van der Waals surface area contributed by atoms with Crippen LogP contribution >= 0.6 is 0 Å². The Morgan fingerprint density at radius 2 is 1.81 bits per heavy atom. The van der Waals surface area contributed by atoms with Gasteiger partial charge in [0.25, 0.3) is 5.56 Å². The summed E-state index contributed by atoms with van der Waals surface area (Å²) in [6, 6.07) is 17.3. The van der Waals surface area contributed by atoms with E-state index >= 15 is 0 Å². The number of aromatic nitrogens is 4. The summed E-state index contributed by atoms with van der Waals surface area (Å²) in [5.41, 5.74) is 2.57.